The first-order valence-electron chi connectivity index (χ1n) is 4.43. The van der Waals surface area contributed by atoms with Crippen molar-refractivity contribution in [1.29, 1.82) is 0 Å². The monoisotopic (exact) mass is 195 g/mol. The number of hydrogen-bond donors (Lipinski definition) is 1. The van der Waals surface area contributed by atoms with Crippen molar-refractivity contribution in [2.75, 3.05) is 7.11 Å². The van der Waals surface area contributed by atoms with Crippen LogP contribution in [0.25, 0.3) is 0 Å². The number of hydrogen-bond acceptors (Lipinski definition) is 3. The van der Waals surface area contributed by atoms with Gasteiger partial charge in [-0.05, 0) is 25.0 Å². The number of pyridine rings is 1. The SMILES string of the molecule is COc1cccnc1CCCC(=O)O. The summed E-state index contributed by atoms with van der Waals surface area (Å²) in [5.41, 5.74) is 0.816. The van der Waals surface area contributed by atoms with Crippen molar-refractivity contribution < 1.29 is 14.6 Å². The zero-order valence-electron chi connectivity index (χ0n) is 8.06. The first-order chi connectivity index (χ1) is 6.74. The van der Waals surface area contributed by atoms with Gasteiger partial charge in [0.1, 0.15) is 5.75 Å². The fourth-order valence-corrected chi connectivity index (χ4v) is 1.20. The number of ether oxygens (including phenoxy) is 1. The van der Waals surface area contributed by atoms with E-state index >= 15 is 0 Å². The highest BCUT2D eigenvalue weighted by Gasteiger charge is 2.04. The molecule has 0 radical (unpaired) electrons. The standard InChI is InChI=1S/C10H13NO3/c1-14-9-5-3-7-11-8(9)4-2-6-10(12)13/h3,5,7H,2,4,6H2,1H3,(H,12,13). The predicted octanol–water partition coefficient (Wildman–Crippen LogP) is 1.50. The van der Waals surface area contributed by atoms with E-state index in [1.165, 1.54) is 0 Å². The molecule has 1 rings (SSSR count). The Morgan fingerprint density at radius 1 is 1.64 bits per heavy atom. The summed E-state index contributed by atoms with van der Waals surface area (Å²) in [5, 5.41) is 8.47. The lowest BCUT2D eigenvalue weighted by Gasteiger charge is -2.05. The molecule has 0 saturated heterocycles. The maximum atomic E-state index is 10.3. The third kappa shape index (κ3) is 3.05. The third-order valence-electron chi connectivity index (χ3n) is 1.87. The molecule has 0 aromatic carbocycles. The van der Waals surface area contributed by atoms with E-state index in [-0.39, 0.29) is 6.42 Å². The topological polar surface area (TPSA) is 59.4 Å². The Balaban J connectivity index is 2.53. The van der Waals surface area contributed by atoms with Crippen molar-refractivity contribution in [3.63, 3.8) is 0 Å². The Hall–Kier alpha value is -1.58. The van der Waals surface area contributed by atoms with Gasteiger partial charge in [-0.1, -0.05) is 0 Å². The lowest BCUT2D eigenvalue weighted by atomic mass is 10.1. The van der Waals surface area contributed by atoms with E-state index in [2.05, 4.69) is 4.98 Å². The lowest BCUT2D eigenvalue weighted by molar-refractivity contribution is -0.137. The van der Waals surface area contributed by atoms with Gasteiger partial charge >= 0.3 is 5.97 Å². The van der Waals surface area contributed by atoms with Crippen molar-refractivity contribution in [2.24, 2.45) is 0 Å². The Kier molecular flexibility index (Phi) is 3.91. The summed E-state index contributed by atoms with van der Waals surface area (Å²) < 4.78 is 5.09. The van der Waals surface area contributed by atoms with Crippen LogP contribution in [0, 0.1) is 0 Å². The Labute approximate surface area is 82.5 Å². The van der Waals surface area contributed by atoms with Gasteiger partial charge in [0.15, 0.2) is 0 Å². The van der Waals surface area contributed by atoms with Crippen LogP contribution in [-0.4, -0.2) is 23.2 Å². The van der Waals surface area contributed by atoms with Gasteiger partial charge in [-0.2, -0.15) is 0 Å². The van der Waals surface area contributed by atoms with Gasteiger partial charge in [-0.25, -0.2) is 0 Å². The molecule has 0 atom stereocenters. The minimum absolute atomic E-state index is 0.166. The van der Waals surface area contributed by atoms with E-state index in [0.29, 0.717) is 12.8 Å². The van der Waals surface area contributed by atoms with Crippen molar-refractivity contribution in [3.8, 4) is 5.75 Å². The fraction of sp³-hybridized carbons (Fsp3) is 0.400. The van der Waals surface area contributed by atoms with Crippen LogP contribution < -0.4 is 4.74 Å². The van der Waals surface area contributed by atoms with Gasteiger partial charge < -0.3 is 9.84 Å². The number of methoxy groups -OCH3 is 1. The zero-order chi connectivity index (χ0) is 10.4. The maximum Gasteiger partial charge on any atom is 0.303 e. The first kappa shape index (κ1) is 10.5. The summed E-state index contributed by atoms with van der Waals surface area (Å²) in [6.07, 6.45) is 3.07. The average molecular weight is 195 g/mol. The van der Waals surface area contributed by atoms with E-state index in [4.69, 9.17) is 9.84 Å². The molecule has 0 saturated carbocycles. The number of aliphatic carboxylic acids is 1. The Morgan fingerprint density at radius 3 is 3.07 bits per heavy atom. The van der Waals surface area contributed by atoms with E-state index < -0.39 is 5.97 Å². The second-order valence-corrected chi connectivity index (χ2v) is 2.90. The Morgan fingerprint density at radius 2 is 2.43 bits per heavy atom. The van der Waals surface area contributed by atoms with E-state index in [9.17, 15) is 4.79 Å². The summed E-state index contributed by atoms with van der Waals surface area (Å²) in [7, 11) is 1.58. The third-order valence-corrected chi connectivity index (χ3v) is 1.87. The van der Waals surface area contributed by atoms with Crippen LogP contribution in [0.1, 0.15) is 18.5 Å². The van der Waals surface area contributed by atoms with Crippen LogP contribution in [0.5, 0.6) is 5.75 Å². The molecule has 0 spiro atoms. The number of carbonyl (C=O) groups is 1. The second kappa shape index (κ2) is 5.21. The number of carboxylic acids is 1. The predicted molar refractivity (Wildman–Crippen MR) is 51.4 cm³/mol. The van der Waals surface area contributed by atoms with E-state index in [1.54, 1.807) is 19.4 Å². The molecular formula is C10H13NO3. The number of rotatable bonds is 5. The summed E-state index contributed by atoms with van der Waals surface area (Å²) in [6.45, 7) is 0. The maximum absolute atomic E-state index is 10.3. The molecule has 0 amide bonds. The highest BCUT2D eigenvalue weighted by molar-refractivity contribution is 5.66. The normalized spacial score (nSPS) is 9.79. The highest BCUT2D eigenvalue weighted by Crippen LogP contribution is 2.16. The molecule has 14 heavy (non-hydrogen) atoms. The van der Waals surface area contributed by atoms with Gasteiger partial charge in [0.2, 0.25) is 0 Å². The summed E-state index contributed by atoms with van der Waals surface area (Å²) in [6, 6.07) is 3.61. The van der Waals surface area contributed by atoms with Gasteiger partial charge in [0.25, 0.3) is 0 Å². The molecule has 0 aliphatic carbocycles. The molecule has 1 aromatic rings. The van der Waals surface area contributed by atoms with Crippen LogP contribution >= 0.6 is 0 Å². The number of nitrogens with zero attached hydrogens (tertiary/aromatic N) is 1. The van der Waals surface area contributed by atoms with E-state index in [1.807, 2.05) is 6.07 Å². The lowest BCUT2D eigenvalue weighted by Crippen LogP contribution is -1.99. The number of aryl methyl sites for hydroxylation is 1. The molecule has 1 N–H and O–H groups in total. The molecular weight excluding hydrogens is 182 g/mol. The molecule has 0 bridgehead atoms. The van der Waals surface area contributed by atoms with Gasteiger partial charge in [0, 0.05) is 12.6 Å². The Bertz CT molecular complexity index is 312. The van der Waals surface area contributed by atoms with Gasteiger partial charge in [-0.3, -0.25) is 9.78 Å². The molecule has 1 aromatic heterocycles. The summed E-state index contributed by atoms with van der Waals surface area (Å²) in [5.74, 6) is -0.0576. The quantitative estimate of drug-likeness (QED) is 0.773. The van der Waals surface area contributed by atoms with Crippen molar-refractivity contribution >= 4 is 5.97 Å². The molecule has 0 aliphatic heterocycles. The smallest absolute Gasteiger partial charge is 0.303 e. The van der Waals surface area contributed by atoms with E-state index in [0.717, 1.165) is 11.4 Å². The van der Waals surface area contributed by atoms with Gasteiger partial charge in [-0.15, -0.1) is 0 Å². The van der Waals surface area contributed by atoms with Crippen LogP contribution in [-0.2, 0) is 11.2 Å². The zero-order valence-corrected chi connectivity index (χ0v) is 8.06. The first-order valence-corrected chi connectivity index (χ1v) is 4.43. The molecule has 76 valence electrons. The number of aromatic nitrogens is 1. The van der Waals surface area contributed by atoms with Crippen molar-refractivity contribution in [3.05, 3.63) is 24.0 Å². The van der Waals surface area contributed by atoms with Crippen molar-refractivity contribution in [2.45, 2.75) is 19.3 Å². The molecule has 4 nitrogen and oxygen atoms in total. The minimum atomic E-state index is -0.778. The molecule has 4 heteroatoms. The van der Waals surface area contributed by atoms with Crippen LogP contribution in [0.15, 0.2) is 18.3 Å². The van der Waals surface area contributed by atoms with Crippen molar-refractivity contribution in [1.82, 2.24) is 4.98 Å². The van der Waals surface area contributed by atoms with Crippen LogP contribution in [0.2, 0.25) is 0 Å². The number of carboxylic acid groups (broad SMARTS) is 1. The largest absolute Gasteiger partial charge is 0.495 e. The molecule has 1 heterocycles. The van der Waals surface area contributed by atoms with Gasteiger partial charge in [0.05, 0.1) is 12.8 Å². The summed E-state index contributed by atoms with van der Waals surface area (Å²) >= 11 is 0. The molecule has 0 fully saturated rings. The fourth-order valence-electron chi connectivity index (χ4n) is 1.20. The average Bonchev–Trinajstić information content (AvgIpc) is 2.18. The highest BCUT2D eigenvalue weighted by atomic mass is 16.5. The van der Waals surface area contributed by atoms with Crippen LogP contribution in [0.3, 0.4) is 0 Å². The molecule has 0 unspecified atom stereocenters. The van der Waals surface area contributed by atoms with Crippen LogP contribution in [0.4, 0.5) is 0 Å². The second-order valence-electron chi connectivity index (χ2n) is 2.90. The minimum Gasteiger partial charge on any atom is -0.495 e. The molecule has 0 aliphatic rings. The summed E-state index contributed by atoms with van der Waals surface area (Å²) in [4.78, 5) is 14.4.